The van der Waals surface area contributed by atoms with Crippen molar-refractivity contribution in [3.63, 3.8) is 0 Å². The second kappa shape index (κ2) is 9.77. The zero-order valence-corrected chi connectivity index (χ0v) is 19.4. The number of rotatable bonds is 8. The van der Waals surface area contributed by atoms with Gasteiger partial charge in [0.05, 0.1) is 44.2 Å². The molecule has 158 valence electrons. The Kier molecular flexibility index (Phi) is 7.12. The summed E-state index contributed by atoms with van der Waals surface area (Å²) in [5.41, 5.74) is 3.66. The van der Waals surface area contributed by atoms with Crippen LogP contribution in [0.3, 0.4) is 0 Å². The Hall–Kier alpha value is -2.84. The number of hydrogen-bond acceptors (Lipinski definition) is 7. The van der Waals surface area contributed by atoms with Gasteiger partial charge in [0.2, 0.25) is 10.6 Å². The van der Waals surface area contributed by atoms with Gasteiger partial charge in [0.15, 0.2) is 11.5 Å². The molecule has 0 fully saturated rings. The Morgan fingerprint density at radius 2 is 1.77 bits per heavy atom. The highest BCUT2D eigenvalue weighted by atomic mass is 32.1. The van der Waals surface area contributed by atoms with Crippen LogP contribution >= 0.6 is 22.7 Å². The Bertz CT molecular complexity index is 1100. The minimum Gasteiger partial charge on any atom is -0.493 e. The monoisotopic (exact) mass is 443 g/mol. The summed E-state index contributed by atoms with van der Waals surface area (Å²) in [5.74, 6) is 1.72. The molecule has 0 atom stereocenters. The average molecular weight is 444 g/mol. The van der Waals surface area contributed by atoms with E-state index in [0.29, 0.717) is 23.8 Å². The lowest BCUT2D eigenvalue weighted by molar-refractivity contribution is 0.324. The molecule has 3 aromatic rings. The molecule has 0 aliphatic carbocycles. The third-order valence-corrected chi connectivity index (χ3v) is 6.02. The van der Waals surface area contributed by atoms with E-state index in [1.165, 1.54) is 0 Å². The molecular formula is C22H25N3O3S2. The van der Waals surface area contributed by atoms with Gasteiger partial charge >= 0.3 is 0 Å². The van der Waals surface area contributed by atoms with Crippen LogP contribution in [-0.4, -0.2) is 38.3 Å². The molecule has 0 N–H and O–H groups in total. The molecule has 0 aliphatic heterocycles. The first-order valence-corrected chi connectivity index (χ1v) is 11.0. The van der Waals surface area contributed by atoms with Crippen LogP contribution in [0.4, 0.5) is 0 Å². The maximum Gasteiger partial charge on any atom is 0.206 e. The topological polar surface area (TPSA) is 57.3 Å². The normalized spacial score (nSPS) is 12.2. The van der Waals surface area contributed by atoms with E-state index in [1.54, 1.807) is 44.0 Å². The van der Waals surface area contributed by atoms with E-state index in [2.05, 4.69) is 28.4 Å². The van der Waals surface area contributed by atoms with Crippen LogP contribution in [0.15, 0.2) is 57.3 Å². The fraction of sp³-hybridized carbons (Fsp3) is 0.273. The van der Waals surface area contributed by atoms with Gasteiger partial charge < -0.3 is 14.2 Å². The maximum atomic E-state index is 5.48. The molecule has 0 saturated heterocycles. The van der Waals surface area contributed by atoms with Gasteiger partial charge in [-0.15, -0.1) is 22.7 Å². The minimum absolute atomic E-state index is 0.552. The lowest BCUT2D eigenvalue weighted by atomic mass is 10.1. The van der Waals surface area contributed by atoms with Gasteiger partial charge in [0.25, 0.3) is 0 Å². The van der Waals surface area contributed by atoms with E-state index in [-0.39, 0.29) is 0 Å². The molecule has 6 nitrogen and oxygen atoms in total. The first-order chi connectivity index (χ1) is 14.5. The molecule has 0 saturated carbocycles. The molecule has 8 heteroatoms. The van der Waals surface area contributed by atoms with E-state index in [9.17, 15) is 0 Å². The number of ether oxygens (including phenoxy) is 3. The molecule has 1 aromatic carbocycles. The molecular weight excluding hydrogens is 418 g/mol. The lowest BCUT2D eigenvalue weighted by Crippen LogP contribution is -2.15. The lowest BCUT2D eigenvalue weighted by Gasteiger charge is -2.14. The van der Waals surface area contributed by atoms with E-state index < -0.39 is 0 Å². The summed E-state index contributed by atoms with van der Waals surface area (Å²) in [6, 6.07) is 7.89. The summed E-state index contributed by atoms with van der Waals surface area (Å²) in [5, 5.41) is 9.04. The van der Waals surface area contributed by atoms with Crippen LogP contribution < -0.4 is 19.0 Å². The SMILES string of the molecule is C=C(C)CN=c1scc(-c2cccs2)n1N=C(C)c1cc(OC)c(OC)c(OC)c1. The van der Waals surface area contributed by atoms with Crippen molar-refractivity contribution >= 4 is 28.4 Å². The van der Waals surface area contributed by atoms with Gasteiger partial charge in [-0.3, -0.25) is 4.99 Å². The van der Waals surface area contributed by atoms with Crippen molar-refractivity contribution in [1.82, 2.24) is 4.68 Å². The fourth-order valence-corrected chi connectivity index (χ4v) is 4.42. The van der Waals surface area contributed by atoms with Crippen LogP contribution in [0.5, 0.6) is 17.2 Å². The van der Waals surface area contributed by atoms with Gasteiger partial charge in [-0.05, 0) is 37.4 Å². The molecule has 3 rings (SSSR count). The predicted molar refractivity (Wildman–Crippen MR) is 125 cm³/mol. The van der Waals surface area contributed by atoms with E-state index >= 15 is 0 Å². The Labute approximate surface area is 184 Å². The van der Waals surface area contributed by atoms with Crippen molar-refractivity contribution in [2.45, 2.75) is 13.8 Å². The number of thiazole rings is 1. The fourth-order valence-electron chi connectivity index (χ4n) is 2.80. The average Bonchev–Trinajstić information content (AvgIpc) is 3.40. The Morgan fingerprint density at radius 1 is 1.07 bits per heavy atom. The number of nitrogens with zero attached hydrogens (tertiary/aromatic N) is 3. The molecule has 0 aliphatic rings. The second-order valence-electron chi connectivity index (χ2n) is 6.57. The molecule has 2 aromatic heterocycles. The molecule has 0 radical (unpaired) electrons. The minimum atomic E-state index is 0.552. The van der Waals surface area contributed by atoms with Gasteiger partial charge in [0.1, 0.15) is 0 Å². The molecule has 0 spiro atoms. The van der Waals surface area contributed by atoms with Crippen LogP contribution in [0.1, 0.15) is 19.4 Å². The summed E-state index contributed by atoms with van der Waals surface area (Å²) < 4.78 is 18.3. The zero-order valence-electron chi connectivity index (χ0n) is 17.8. The van der Waals surface area contributed by atoms with Crippen LogP contribution in [0, 0.1) is 0 Å². The molecule has 0 unspecified atom stereocenters. The number of thiophene rings is 1. The predicted octanol–water partition coefficient (Wildman–Crippen LogP) is 5.05. The summed E-state index contributed by atoms with van der Waals surface area (Å²) in [6.45, 7) is 8.42. The highest BCUT2D eigenvalue weighted by molar-refractivity contribution is 7.14. The van der Waals surface area contributed by atoms with Crippen LogP contribution in [-0.2, 0) is 0 Å². The molecule has 2 heterocycles. The first-order valence-electron chi connectivity index (χ1n) is 9.23. The third kappa shape index (κ3) is 4.66. The molecule has 0 bridgehead atoms. The van der Waals surface area contributed by atoms with Crippen LogP contribution in [0.2, 0.25) is 0 Å². The largest absolute Gasteiger partial charge is 0.493 e. The number of methoxy groups -OCH3 is 3. The van der Waals surface area contributed by atoms with Crippen molar-refractivity contribution in [3.8, 4) is 27.8 Å². The second-order valence-corrected chi connectivity index (χ2v) is 8.35. The summed E-state index contributed by atoms with van der Waals surface area (Å²) in [7, 11) is 4.79. The van der Waals surface area contributed by atoms with E-state index in [4.69, 9.17) is 19.3 Å². The highest BCUT2D eigenvalue weighted by Crippen LogP contribution is 2.38. The van der Waals surface area contributed by atoms with Crippen molar-refractivity contribution in [2.24, 2.45) is 10.1 Å². The number of aromatic nitrogens is 1. The third-order valence-electron chi connectivity index (χ3n) is 4.28. The highest BCUT2D eigenvalue weighted by Gasteiger charge is 2.15. The Morgan fingerprint density at radius 3 is 2.30 bits per heavy atom. The van der Waals surface area contributed by atoms with Crippen LogP contribution in [0.25, 0.3) is 10.6 Å². The first kappa shape index (κ1) is 21.9. The Balaban J connectivity index is 2.15. The summed E-state index contributed by atoms with van der Waals surface area (Å²) in [4.78, 5) is 6.63. The van der Waals surface area contributed by atoms with Crippen molar-refractivity contribution in [3.05, 3.63) is 57.5 Å². The van der Waals surface area contributed by atoms with Crippen molar-refractivity contribution in [1.29, 1.82) is 0 Å². The summed E-state index contributed by atoms with van der Waals surface area (Å²) >= 11 is 3.23. The van der Waals surface area contributed by atoms with Gasteiger partial charge in [-0.25, -0.2) is 4.68 Å². The standard InChI is InChI=1S/C22H25N3O3S2/c1-14(2)12-23-22-25(17(13-30-22)20-8-7-9-29-20)24-15(3)16-10-18(26-4)21(28-6)19(11-16)27-5/h7-11,13H,1,12H2,2-6H3. The van der Waals surface area contributed by atoms with Gasteiger partial charge in [-0.1, -0.05) is 18.2 Å². The quantitative estimate of drug-likeness (QED) is 0.361. The maximum absolute atomic E-state index is 5.48. The number of hydrogen-bond donors (Lipinski definition) is 0. The van der Waals surface area contributed by atoms with Crippen molar-refractivity contribution < 1.29 is 14.2 Å². The molecule has 30 heavy (non-hydrogen) atoms. The van der Waals surface area contributed by atoms with Crippen molar-refractivity contribution in [2.75, 3.05) is 27.9 Å². The number of benzene rings is 1. The van der Waals surface area contributed by atoms with Gasteiger partial charge in [0, 0.05) is 10.9 Å². The molecule has 0 amide bonds. The van der Waals surface area contributed by atoms with E-state index in [0.717, 1.165) is 32.2 Å². The zero-order chi connectivity index (χ0) is 21.7. The van der Waals surface area contributed by atoms with Gasteiger partial charge in [-0.2, -0.15) is 5.10 Å². The smallest absolute Gasteiger partial charge is 0.206 e. The van der Waals surface area contributed by atoms with E-state index in [1.807, 2.05) is 36.7 Å². The summed E-state index contributed by atoms with van der Waals surface area (Å²) in [6.07, 6.45) is 0.